The lowest BCUT2D eigenvalue weighted by Gasteiger charge is -2.39. The van der Waals surface area contributed by atoms with E-state index >= 15 is 0 Å². The normalized spacial score (nSPS) is 23.8. The van der Waals surface area contributed by atoms with E-state index in [9.17, 15) is 4.79 Å². The molecular weight excluding hydrogens is 390 g/mol. The summed E-state index contributed by atoms with van der Waals surface area (Å²) in [7, 11) is 2.22. The van der Waals surface area contributed by atoms with Crippen LogP contribution >= 0.6 is 0 Å². The number of nitrogens with zero attached hydrogens (tertiary/aromatic N) is 6. The minimum absolute atomic E-state index is 0.00700. The Balaban J connectivity index is 1.42. The number of amides is 1. The molecule has 3 rings (SSSR count). The molecule has 0 aromatic rings. The molecule has 1 unspecified atom stereocenters. The van der Waals surface area contributed by atoms with Crippen LogP contribution in [0.2, 0.25) is 0 Å². The molecule has 178 valence electrons. The third-order valence-corrected chi connectivity index (χ3v) is 6.98. The predicted molar refractivity (Wildman–Crippen MR) is 128 cm³/mol. The molecule has 3 heterocycles. The van der Waals surface area contributed by atoms with Crippen LogP contribution in [0.1, 0.15) is 39.5 Å². The summed E-state index contributed by atoms with van der Waals surface area (Å²) < 4.78 is 0. The molecule has 1 amide bonds. The van der Waals surface area contributed by atoms with E-state index in [0.29, 0.717) is 5.91 Å². The summed E-state index contributed by atoms with van der Waals surface area (Å²) in [4.78, 5) is 29.4. The van der Waals surface area contributed by atoms with Crippen LogP contribution in [0, 0.1) is 0 Å². The van der Waals surface area contributed by atoms with Gasteiger partial charge in [-0.3, -0.25) is 14.7 Å². The van der Waals surface area contributed by atoms with Crippen LogP contribution in [-0.2, 0) is 4.79 Å². The second-order valence-electron chi connectivity index (χ2n) is 9.32. The number of piperazine rings is 1. The highest BCUT2D eigenvalue weighted by atomic mass is 16.2. The zero-order valence-electron chi connectivity index (χ0n) is 20.2. The van der Waals surface area contributed by atoms with Gasteiger partial charge in [-0.2, -0.15) is 0 Å². The first kappa shape index (κ1) is 24.3. The largest absolute Gasteiger partial charge is 0.357 e. The Morgan fingerprint density at radius 1 is 0.903 bits per heavy atom. The first-order chi connectivity index (χ1) is 15.1. The number of guanidine groups is 1. The molecule has 31 heavy (non-hydrogen) atoms. The van der Waals surface area contributed by atoms with Crippen molar-refractivity contribution in [2.45, 2.75) is 45.6 Å². The minimum Gasteiger partial charge on any atom is -0.357 e. The average molecular weight is 436 g/mol. The Bertz CT molecular complexity index is 570. The van der Waals surface area contributed by atoms with Crippen molar-refractivity contribution in [2.75, 3.05) is 92.1 Å². The van der Waals surface area contributed by atoms with Crippen molar-refractivity contribution in [3.63, 3.8) is 0 Å². The van der Waals surface area contributed by atoms with Gasteiger partial charge in [-0.05, 0) is 66.2 Å². The van der Waals surface area contributed by atoms with Gasteiger partial charge < -0.3 is 24.9 Å². The second-order valence-corrected chi connectivity index (χ2v) is 9.32. The van der Waals surface area contributed by atoms with Gasteiger partial charge in [0.25, 0.3) is 0 Å². The number of carbonyl (C=O) groups is 1. The summed E-state index contributed by atoms with van der Waals surface area (Å²) in [6.07, 6.45) is 4.69. The number of likely N-dealkylation sites (tertiary alicyclic amines) is 1. The lowest BCUT2D eigenvalue weighted by molar-refractivity contribution is -0.135. The average Bonchev–Trinajstić information content (AvgIpc) is 3.25. The van der Waals surface area contributed by atoms with Crippen LogP contribution in [0.25, 0.3) is 0 Å². The zero-order valence-corrected chi connectivity index (χ0v) is 20.2. The maximum atomic E-state index is 12.7. The molecule has 0 aromatic heterocycles. The van der Waals surface area contributed by atoms with Crippen LogP contribution in [0.3, 0.4) is 0 Å². The van der Waals surface area contributed by atoms with Crippen molar-refractivity contribution in [3.8, 4) is 0 Å². The van der Waals surface area contributed by atoms with E-state index < -0.39 is 0 Å². The number of rotatable bonds is 7. The van der Waals surface area contributed by atoms with E-state index in [2.05, 4.69) is 45.8 Å². The summed E-state index contributed by atoms with van der Waals surface area (Å²) in [5, 5.41) is 3.48. The molecule has 0 aromatic carbocycles. The van der Waals surface area contributed by atoms with Crippen molar-refractivity contribution >= 4 is 11.9 Å². The van der Waals surface area contributed by atoms with Gasteiger partial charge in [0, 0.05) is 65.4 Å². The van der Waals surface area contributed by atoms with Gasteiger partial charge in [-0.25, -0.2) is 0 Å². The topological polar surface area (TPSA) is 57.7 Å². The molecule has 1 atom stereocenters. The summed E-state index contributed by atoms with van der Waals surface area (Å²) >= 11 is 0. The van der Waals surface area contributed by atoms with Crippen LogP contribution < -0.4 is 5.32 Å². The minimum atomic E-state index is -0.00700. The number of nitrogens with one attached hydrogen (secondary N) is 1. The van der Waals surface area contributed by atoms with Gasteiger partial charge in [-0.1, -0.05) is 0 Å². The van der Waals surface area contributed by atoms with Gasteiger partial charge in [0.15, 0.2) is 5.96 Å². The molecule has 0 bridgehead atoms. The Hall–Kier alpha value is -1.38. The standard InChI is InChI=1S/C23H45N7O/c1-4-24-23(25-9-7-11-27-12-8-10-26(3)15-16-27)30-19-17-28(18-20-30)21(2)22(31)29-13-5-6-14-29/h21H,4-20H2,1-3H3,(H,24,25). The second kappa shape index (κ2) is 12.6. The third-order valence-electron chi connectivity index (χ3n) is 6.98. The molecule has 0 spiro atoms. The van der Waals surface area contributed by atoms with Crippen LogP contribution in [0.15, 0.2) is 4.99 Å². The molecule has 3 saturated heterocycles. The van der Waals surface area contributed by atoms with Crippen molar-refractivity contribution in [1.29, 1.82) is 0 Å². The van der Waals surface area contributed by atoms with E-state index in [0.717, 1.165) is 84.1 Å². The highest BCUT2D eigenvalue weighted by Gasteiger charge is 2.30. The number of carbonyl (C=O) groups excluding carboxylic acids is 1. The molecule has 1 N–H and O–H groups in total. The van der Waals surface area contributed by atoms with Gasteiger partial charge in [0.2, 0.25) is 5.91 Å². The van der Waals surface area contributed by atoms with E-state index in [1.54, 1.807) is 0 Å². The van der Waals surface area contributed by atoms with E-state index in [1.807, 2.05) is 4.90 Å². The van der Waals surface area contributed by atoms with E-state index in [4.69, 9.17) is 4.99 Å². The maximum Gasteiger partial charge on any atom is 0.239 e. The predicted octanol–water partition coefficient (Wildman–Crippen LogP) is 0.608. The summed E-state index contributed by atoms with van der Waals surface area (Å²) in [5.74, 6) is 1.35. The van der Waals surface area contributed by atoms with Crippen molar-refractivity contribution in [1.82, 2.24) is 29.8 Å². The summed E-state index contributed by atoms with van der Waals surface area (Å²) in [5.41, 5.74) is 0. The lowest BCUT2D eigenvalue weighted by atomic mass is 10.2. The van der Waals surface area contributed by atoms with Crippen LogP contribution in [0.5, 0.6) is 0 Å². The molecule has 3 fully saturated rings. The Kier molecular flexibility index (Phi) is 9.87. The molecule has 0 radical (unpaired) electrons. The highest BCUT2D eigenvalue weighted by molar-refractivity contribution is 5.82. The van der Waals surface area contributed by atoms with Gasteiger partial charge >= 0.3 is 0 Å². The maximum absolute atomic E-state index is 12.7. The number of aliphatic imine (C=N–C) groups is 1. The molecule has 3 aliphatic heterocycles. The molecule has 0 saturated carbocycles. The fourth-order valence-electron chi connectivity index (χ4n) is 4.91. The van der Waals surface area contributed by atoms with Gasteiger partial charge in [-0.15, -0.1) is 0 Å². The number of likely N-dealkylation sites (N-methyl/N-ethyl adjacent to an activating group) is 1. The highest BCUT2D eigenvalue weighted by Crippen LogP contribution is 2.14. The zero-order chi connectivity index (χ0) is 22.1. The Morgan fingerprint density at radius 2 is 1.65 bits per heavy atom. The Labute approximate surface area is 189 Å². The smallest absolute Gasteiger partial charge is 0.239 e. The molecule has 3 aliphatic rings. The quantitative estimate of drug-likeness (QED) is 0.359. The van der Waals surface area contributed by atoms with Gasteiger partial charge in [0.1, 0.15) is 0 Å². The molecule has 8 heteroatoms. The number of hydrogen-bond acceptors (Lipinski definition) is 5. The van der Waals surface area contributed by atoms with Crippen LogP contribution in [0.4, 0.5) is 0 Å². The first-order valence-electron chi connectivity index (χ1n) is 12.6. The number of hydrogen-bond donors (Lipinski definition) is 1. The van der Waals surface area contributed by atoms with E-state index in [1.165, 1.54) is 32.6 Å². The molecule has 8 nitrogen and oxygen atoms in total. The van der Waals surface area contributed by atoms with Crippen molar-refractivity contribution < 1.29 is 4.79 Å². The fourth-order valence-corrected chi connectivity index (χ4v) is 4.91. The first-order valence-corrected chi connectivity index (χ1v) is 12.6. The third kappa shape index (κ3) is 7.32. The lowest BCUT2D eigenvalue weighted by Crippen LogP contribution is -2.57. The Morgan fingerprint density at radius 3 is 2.35 bits per heavy atom. The van der Waals surface area contributed by atoms with Crippen molar-refractivity contribution in [3.05, 3.63) is 0 Å². The SMILES string of the molecule is CCNC(=NCCCN1CCCN(C)CC1)N1CCN(C(C)C(=O)N2CCCC2)CC1. The van der Waals surface area contributed by atoms with Crippen molar-refractivity contribution in [2.24, 2.45) is 4.99 Å². The molecule has 0 aliphatic carbocycles. The summed E-state index contributed by atoms with van der Waals surface area (Å²) in [6, 6.07) is -0.00700. The molecular formula is C23H45N7O. The van der Waals surface area contributed by atoms with Gasteiger partial charge in [0.05, 0.1) is 6.04 Å². The van der Waals surface area contributed by atoms with Crippen LogP contribution in [-0.4, -0.2) is 135 Å². The summed E-state index contributed by atoms with van der Waals surface area (Å²) in [6.45, 7) is 17.5. The van der Waals surface area contributed by atoms with E-state index in [-0.39, 0.29) is 6.04 Å². The fraction of sp³-hybridized carbons (Fsp3) is 0.913. The monoisotopic (exact) mass is 435 g/mol.